The number of benzene rings is 1. The molecule has 0 spiro atoms. The van der Waals surface area contributed by atoms with Gasteiger partial charge in [-0.25, -0.2) is 9.97 Å². The van der Waals surface area contributed by atoms with Crippen molar-refractivity contribution < 1.29 is 4.74 Å². The highest BCUT2D eigenvalue weighted by molar-refractivity contribution is 5.23. The predicted octanol–water partition coefficient (Wildman–Crippen LogP) is 1.91. The van der Waals surface area contributed by atoms with Crippen LogP contribution in [-0.2, 0) is 24.4 Å². The Kier molecular flexibility index (Phi) is 4.81. The third-order valence-corrected chi connectivity index (χ3v) is 2.57. The summed E-state index contributed by atoms with van der Waals surface area (Å²) >= 11 is 0. The Balaban J connectivity index is 1.84. The number of hydrogen-bond donors (Lipinski definition) is 1. The van der Waals surface area contributed by atoms with Crippen LogP contribution >= 0.6 is 0 Å². The molecule has 0 unspecified atom stereocenters. The highest BCUT2D eigenvalue weighted by Gasteiger charge is 1.97. The molecule has 0 fully saturated rings. The van der Waals surface area contributed by atoms with E-state index in [0.29, 0.717) is 6.61 Å². The molecule has 1 aromatic heterocycles. The summed E-state index contributed by atoms with van der Waals surface area (Å²) in [5.74, 6) is 0. The molecule has 0 atom stereocenters. The van der Waals surface area contributed by atoms with Gasteiger partial charge in [0.25, 0.3) is 0 Å². The minimum absolute atomic E-state index is 0.653. The lowest BCUT2D eigenvalue weighted by atomic mass is 10.1. The van der Waals surface area contributed by atoms with E-state index < -0.39 is 0 Å². The molecule has 0 saturated carbocycles. The molecule has 1 heterocycles. The van der Waals surface area contributed by atoms with Crippen molar-refractivity contribution in [1.82, 2.24) is 15.3 Å². The van der Waals surface area contributed by atoms with Crippen molar-refractivity contribution >= 4 is 0 Å². The van der Waals surface area contributed by atoms with Crippen molar-refractivity contribution in [2.45, 2.75) is 19.7 Å². The number of ether oxygens (including phenoxy) is 1. The lowest BCUT2D eigenvalue weighted by Crippen LogP contribution is -2.13. The fourth-order valence-electron chi connectivity index (χ4n) is 1.77. The van der Waals surface area contributed by atoms with E-state index in [-0.39, 0.29) is 0 Å². The third kappa shape index (κ3) is 3.91. The molecule has 0 aliphatic carbocycles. The second-order valence-electron chi connectivity index (χ2n) is 4.10. The van der Waals surface area contributed by atoms with E-state index in [0.717, 1.165) is 18.7 Å². The fraction of sp³-hybridized carbons (Fsp3) is 0.286. The van der Waals surface area contributed by atoms with E-state index in [1.165, 1.54) is 17.5 Å². The first-order valence-electron chi connectivity index (χ1n) is 5.90. The van der Waals surface area contributed by atoms with Crippen LogP contribution in [0.1, 0.15) is 16.7 Å². The van der Waals surface area contributed by atoms with Crippen LogP contribution in [0.2, 0.25) is 0 Å². The highest BCUT2D eigenvalue weighted by Crippen LogP contribution is 2.06. The zero-order valence-corrected chi connectivity index (χ0v) is 10.5. The number of nitrogens with one attached hydrogen (secondary N) is 1. The zero-order chi connectivity index (χ0) is 12.6. The SMILES string of the molecule is COCc1cccc(CNCc2cncnc2)c1. The molecular formula is C14H17N3O. The van der Waals surface area contributed by atoms with Gasteiger partial charge >= 0.3 is 0 Å². The van der Waals surface area contributed by atoms with Crippen LogP contribution in [0, 0.1) is 0 Å². The van der Waals surface area contributed by atoms with Crippen molar-refractivity contribution in [3.05, 3.63) is 59.7 Å². The number of aromatic nitrogens is 2. The monoisotopic (exact) mass is 243 g/mol. The molecule has 0 radical (unpaired) electrons. The van der Waals surface area contributed by atoms with Gasteiger partial charge in [-0.1, -0.05) is 24.3 Å². The van der Waals surface area contributed by atoms with Gasteiger partial charge in [-0.05, 0) is 11.1 Å². The first-order valence-corrected chi connectivity index (χ1v) is 5.90. The lowest BCUT2D eigenvalue weighted by Gasteiger charge is -2.06. The topological polar surface area (TPSA) is 47.0 Å². The summed E-state index contributed by atoms with van der Waals surface area (Å²) in [7, 11) is 1.71. The number of hydrogen-bond acceptors (Lipinski definition) is 4. The van der Waals surface area contributed by atoms with E-state index >= 15 is 0 Å². The first-order chi connectivity index (χ1) is 8.88. The molecule has 4 nitrogen and oxygen atoms in total. The maximum absolute atomic E-state index is 5.12. The normalized spacial score (nSPS) is 10.5. The maximum atomic E-state index is 5.12. The van der Waals surface area contributed by atoms with Gasteiger partial charge in [0.05, 0.1) is 6.61 Å². The van der Waals surface area contributed by atoms with Gasteiger partial charge in [0.1, 0.15) is 6.33 Å². The Morgan fingerprint density at radius 3 is 2.56 bits per heavy atom. The molecule has 4 heteroatoms. The average Bonchev–Trinajstić information content (AvgIpc) is 2.41. The summed E-state index contributed by atoms with van der Waals surface area (Å²) in [5, 5.41) is 3.37. The minimum Gasteiger partial charge on any atom is -0.380 e. The highest BCUT2D eigenvalue weighted by atomic mass is 16.5. The summed E-state index contributed by atoms with van der Waals surface area (Å²) in [6.45, 7) is 2.25. The Hall–Kier alpha value is -1.78. The molecule has 0 amide bonds. The largest absolute Gasteiger partial charge is 0.380 e. The van der Waals surface area contributed by atoms with Crippen molar-refractivity contribution in [2.75, 3.05) is 7.11 Å². The van der Waals surface area contributed by atoms with E-state index in [4.69, 9.17) is 4.74 Å². The molecule has 0 aliphatic heterocycles. The summed E-state index contributed by atoms with van der Waals surface area (Å²) in [6.07, 6.45) is 5.18. The quantitative estimate of drug-likeness (QED) is 0.842. The number of nitrogens with zero attached hydrogens (tertiary/aromatic N) is 2. The van der Waals surface area contributed by atoms with Gasteiger partial charge in [-0.2, -0.15) is 0 Å². The van der Waals surface area contributed by atoms with Gasteiger partial charge in [0.2, 0.25) is 0 Å². The van der Waals surface area contributed by atoms with Crippen LogP contribution < -0.4 is 5.32 Å². The Bertz CT molecular complexity index is 473. The van der Waals surface area contributed by atoms with E-state index in [2.05, 4.69) is 39.6 Å². The third-order valence-electron chi connectivity index (χ3n) is 2.57. The van der Waals surface area contributed by atoms with Crippen LogP contribution in [0.25, 0.3) is 0 Å². The van der Waals surface area contributed by atoms with Crippen molar-refractivity contribution in [1.29, 1.82) is 0 Å². The lowest BCUT2D eigenvalue weighted by molar-refractivity contribution is 0.185. The second kappa shape index (κ2) is 6.83. The second-order valence-corrected chi connectivity index (χ2v) is 4.10. The minimum atomic E-state index is 0.653. The maximum Gasteiger partial charge on any atom is 0.115 e. The fourth-order valence-corrected chi connectivity index (χ4v) is 1.77. The van der Waals surface area contributed by atoms with Crippen molar-refractivity contribution in [2.24, 2.45) is 0 Å². The molecule has 18 heavy (non-hydrogen) atoms. The van der Waals surface area contributed by atoms with E-state index in [9.17, 15) is 0 Å². The number of methoxy groups -OCH3 is 1. The predicted molar refractivity (Wildman–Crippen MR) is 69.7 cm³/mol. The zero-order valence-electron chi connectivity index (χ0n) is 10.5. The van der Waals surface area contributed by atoms with Gasteiger partial charge in [0, 0.05) is 38.2 Å². The van der Waals surface area contributed by atoms with Crippen LogP contribution in [0.5, 0.6) is 0 Å². The summed E-state index contributed by atoms with van der Waals surface area (Å²) in [6, 6.07) is 8.38. The van der Waals surface area contributed by atoms with E-state index in [1.807, 2.05) is 12.4 Å². The molecule has 94 valence electrons. The summed E-state index contributed by atoms with van der Waals surface area (Å²) < 4.78 is 5.12. The average molecular weight is 243 g/mol. The van der Waals surface area contributed by atoms with Gasteiger partial charge in [0.15, 0.2) is 0 Å². The molecule has 1 N–H and O–H groups in total. The van der Waals surface area contributed by atoms with Gasteiger partial charge in [-0.15, -0.1) is 0 Å². The smallest absolute Gasteiger partial charge is 0.115 e. The molecule has 0 saturated heterocycles. The summed E-state index contributed by atoms with van der Waals surface area (Å²) in [4.78, 5) is 7.96. The molecule has 2 aromatic rings. The molecule has 2 rings (SSSR count). The van der Waals surface area contributed by atoms with E-state index in [1.54, 1.807) is 7.11 Å². The van der Waals surface area contributed by atoms with Crippen molar-refractivity contribution in [3.63, 3.8) is 0 Å². The van der Waals surface area contributed by atoms with Crippen LogP contribution in [0.3, 0.4) is 0 Å². The Morgan fingerprint density at radius 1 is 1.06 bits per heavy atom. The summed E-state index contributed by atoms with van der Waals surface area (Å²) in [5.41, 5.74) is 3.53. The molecule has 1 aromatic carbocycles. The Labute approximate surface area is 107 Å². The molecular weight excluding hydrogens is 226 g/mol. The Morgan fingerprint density at radius 2 is 1.78 bits per heavy atom. The van der Waals surface area contributed by atoms with Crippen LogP contribution in [0.15, 0.2) is 43.0 Å². The number of rotatable bonds is 6. The van der Waals surface area contributed by atoms with Crippen LogP contribution in [-0.4, -0.2) is 17.1 Å². The van der Waals surface area contributed by atoms with Gasteiger partial charge < -0.3 is 10.1 Å². The molecule has 0 aliphatic rings. The standard InChI is InChI=1S/C14H17N3O/c1-18-10-13-4-2-3-12(5-13)6-15-7-14-8-16-11-17-9-14/h2-5,8-9,11,15H,6-7,10H2,1H3. The van der Waals surface area contributed by atoms with Crippen LogP contribution in [0.4, 0.5) is 0 Å². The first kappa shape index (κ1) is 12.7. The van der Waals surface area contributed by atoms with Crippen molar-refractivity contribution in [3.8, 4) is 0 Å². The molecule has 0 bridgehead atoms. The van der Waals surface area contributed by atoms with Gasteiger partial charge in [-0.3, -0.25) is 0 Å².